The van der Waals surface area contributed by atoms with Gasteiger partial charge in [-0.05, 0) is 20.8 Å². The molecular formula is C14H20N4O2S. The molecule has 1 atom stereocenters. The highest BCUT2D eigenvalue weighted by atomic mass is 32.1. The molecule has 2 heterocycles. The molecule has 0 saturated carbocycles. The summed E-state index contributed by atoms with van der Waals surface area (Å²) in [6, 6.07) is 0.0241. The molecule has 1 unspecified atom stereocenters. The van der Waals surface area contributed by atoms with Gasteiger partial charge in [-0.25, -0.2) is 4.98 Å². The van der Waals surface area contributed by atoms with Gasteiger partial charge in [0.25, 0.3) is 5.91 Å². The van der Waals surface area contributed by atoms with Crippen molar-refractivity contribution < 1.29 is 9.90 Å². The Kier molecular flexibility index (Phi) is 4.74. The van der Waals surface area contributed by atoms with Crippen LogP contribution in [0.5, 0.6) is 0 Å². The van der Waals surface area contributed by atoms with Gasteiger partial charge in [0.2, 0.25) is 0 Å². The molecule has 0 aromatic carbocycles. The average molecular weight is 308 g/mol. The van der Waals surface area contributed by atoms with Gasteiger partial charge < -0.3 is 10.0 Å². The van der Waals surface area contributed by atoms with Gasteiger partial charge in [0.1, 0.15) is 9.88 Å². The first-order valence-electron chi connectivity index (χ1n) is 6.82. The minimum Gasteiger partial charge on any atom is -0.392 e. The van der Waals surface area contributed by atoms with Gasteiger partial charge in [-0.15, -0.1) is 11.3 Å². The van der Waals surface area contributed by atoms with Crippen LogP contribution >= 0.6 is 11.3 Å². The standard InChI is InChI=1S/C14H20N4O2S/c1-9(2)18(7-10(3)19)14(20)12-6-15-13(21-12)11-5-16-17(4)8-11/h5-6,8-10,19H,7H2,1-4H3. The molecule has 1 N–H and O–H groups in total. The highest BCUT2D eigenvalue weighted by Crippen LogP contribution is 2.25. The molecule has 0 spiro atoms. The topological polar surface area (TPSA) is 71.2 Å². The minimum absolute atomic E-state index is 0.0241. The molecule has 2 aromatic heterocycles. The van der Waals surface area contributed by atoms with E-state index < -0.39 is 6.10 Å². The molecule has 0 radical (unpaired) electrons. The highest BCUT2D eigenvalue weighted by Gasteiger charge is 2.22. The molecule has 0 aliphatic carbocycles. The Labute approximate surface area is 128 Å². The number of rotatable bonds is 5. The third-order valence-corrected chi connectivity index (χ3v) is 4.05. The third kappa shape index (κ3) is 3.68. The van der Waals surface area contributed by atoms with Gasteiger partial charge in [0.15, 0.2) is 0 Å². The number of aryl methyl sites for hydroxylation is 1. The van der Waals surface area contributed by atoms with E-state index in [0.717, 1.165) is 10.6 Å². The van der Waals surface area contributed by atoms with Crippen molar-refractivity contribution >= 4 is 17.2 Å². The second-order valence-electron chi connectivity index (χ2n) is 5.33. The molecule has 0 bridgehead atoms. The summed E-state index contributed by atoms with van der Waals surface area (Å²) in [5.74, 6) is -0.0986. The van der Waals surface area contributed by atoms with E-state index in [1.165, 1.54) is 11.3 Å². The van der Waals surface area contributed by atoms with Gasteiger partial charge in [0.05, 0.1) is 18.5 Å². The van der Waals surface area contributed by atoms with Crippen LogP contribution in [0.2, 0.25) is 0 Å². The quantitative estimate of drug-likeness (QED) is 0.914. The number of aliphatic hydroxyl groups excluding tert-OH is 1. The average Bonchev–Trinajstić information content (AvgIpc) is 3.03. The van der Waals surface area contributed by atoms with E-state index in [4.69, 9.17) is 0 Å². The van der Waals surface area contributed by atoms with Crippen molar-refractivity contribution in [3.8, 4) is 10.6 Å². The van der Waals surface area contributed by atoms with Crippen LogP contribution in [0.15, 0.2) is 18.6 Å². The van der Waals surface area contributed by atoms with Crippen molar-refractivity contribution in [1.82, 2.24) is 19.7 Å². The predicted octanol–water partition coefficient (Wildman–Crippen LogP) is 1.77. The molecule has 0 fully saturated rings. The number of hydrogen-bond donors (Lipinski definition) is 1. The van der Waals surface area contributed by atoms with Crippen molar-refractivity contribution in [1.29, 1.82) is 0 Å². The van der Waals surface area contributed by atoms with E-state index in [1.807, 2.05) is 27.1 Å². The predicted molar refractivity (Wildman–Crippen MR) is 82.2 cm³/mol. The second-order valence-corrected chi connectivity index (χ2v) is 6.36. The van der Waals surface area contributed by atoms with E-state index >= 15 is 0 Å². The van der Waals surface area contributed by atoms with E-state index in [-0.39, 0.29) is 11.9 Å². The number of amides is 1. The van der Waals surface area contributed by atoms with Gasteiger partial charge >= 0.3 is 0 Å². The molecule has 7 heteroatoms. The number of aromatic nitrogens is 3. The van der Waals surface area contributed by atoms with Crippen LogP contribution in [0, 0.1) is 0 Å². The Balaban J connectivity index is 2.21. The first-order chi connectivity index (χ1) is 9.88. The van der Waals surface area contributed by atoms with Crippen LogP contribution in [-0.2, 0) is 7.05 Å². The lowest BCUT2D eigenvalue weighted by Crippen LogP contribution is -2.41. The largest absolute Gasteiger partial charge is 0.392 e. The molecule has 21 heavy (non-hydrogen) atoms. The van der Waals surface area contributed by atoms with Crippen molar-refractivity contribution in [3.63, 3.8) is 0 Å². The van der Waals surface area contributed by atoms with Crippen molar-refractivity contribution in [3.05, 3.63) is 23.5 Å². The van der Waals surface area contributed by atoms with E-state index in [1.54, 1.807) is 28.9 Å². The molecule has 6 nitrogen and oxygen atoms in total. The summed E-state index contributed by atoms with van der Waals surface area (Å²) in [5, 5.41) is 14.4. The minimum atomic E-state index is -0.554. The van der Waals surface area contributed by atoms with Crippen LogP contribution in [0.3, 0.4) is 0 Å². The number of hydrogen-bond acceptors (Lipinski definition) is 5. The van der Waals surface area contributed by atoms with Crippen molar-refractivity contribution in [2.75, 3.05) is 6.54 Å². The molecule has 2 aromatic rings. The van der Waals surface area contributed by atoms with Crippen LogP contribution in [0.25, 0.3) is 10.6 Å². The molecule has 0 saturated heterocycles. The summed E-state index contributed by atoms with van der Waals surface area (Å²) in [4.78, 5) is 19.1. The fourth-order valence-electron chi connectivity index (χ4n) is 1.99. The summed E-state index contributed by atoms with van der Waals surface area (Å²) in [7, 11) is 1.84. The molecule has 2 rings (SSSR count). The molecule has 114 valence electrons. The van der Waals surface area contributed by atoms with Crippen molar-refractivity contribution in [2.45, 2.75) is 32.9 Å². The monoisotopic (exact) mass is 308 g/mol. The van der Waals surface area contributed by atoms with Gasteiger partial charge in [-0.3, -0.25) is 9.48 Å². The number of nitrogens with zero attached hydrogens (tertiary/aromatic N) is 4. The Hall–Kier alpha value is -1.73. The summed E-state index contributed by atoms with van der Waals surface area (Å²) >= 11 is 1.34. The number of carbonyl (C=O) groups excluding carboxylic acids is 1. The maximum absolute atomic E-state index is 12.5. The Morgan fingerprint density at radius 1 is 1.43 bits per heavy atom. The first kappa shape index (κ1) is 15.7. The SMILES string of the molecule is CC(O)CN(C(=O)c1cnc(-c2cnn(C)c2)s1)C(C)C. The number of thiazole rings is 1. The van der Waals surface area contributed by atoms with Crippen LogP contribution in [-0.4, -0.2) is 49.4 Å². The van der Waals surface area contributed by atoms with Crippen LogP contribution in [0.1, 0.15) is 30.4 Å². The van der Waals surface area contributed by atoms with Crippen LogP contribution in [0.4, 0.5) is 0 Å². The van der Waals surface area contributed by atoms with Gasteiger partial charge in [-0.2, -0.15) is 5.10 Å². The zero-order valence-electron chi connectivity index (χ0n) is 12.6. The van der Waals surface area contributed by atoms with E-state index in [0.29, 0.717) is 11.4 Å². The normalized spacial score (nSPS) is 12.7. The summed E-state index contributed by atoms with van der Waals surface area (Å²) in [5.41, 5.74) is 0.896. The lowest BCUT2D eigenvalue weighted by molar-refractivity contribution is 0.0583. The highest BCUT2D eigenvalue weighted by molar-refractivity contribution is 7.16. The maximum atomic E-state index is 12.5. The Morgan fingerprint density at radius 3 is 2.67 bits per heavy atom. The fraction of sp³-hybridized carbons (Fsp3) is 0.500. The molecule has 0 aliphatic rings. The zero-order chi connectivity index (χ0) is 15.6. The molecule has 0 aliphatic heterocycles. The first-order valence-corrected chi connectivity index (χ1v) is 7.64. The Morgan fingerprint density at radius 2 is 2.14 bits per heavy atom. The lowest BCUT2D eigenvalue weighted by Gasteiger charge is -2.27. The smallest absolute Gasteiger partial charge is 0.265 e. The van der Waals surface area contributed by atoms with Gasteiger partial charge in [0, 0.05) is 31.4 Å². The molecule has 1 amide bonds. The lowest BCUT2D eigenvalue weighted by atomic mass is 10.2. The van der Waals surface area contributed by atoms with Crippen LogP contribution < -0.4 is 0 Å². The maximum Gasteiger partial charge on any atom is 0.265 e. The van der Waals surface area contributed by atoms with Crippen molar-refractivity contribution in [2.24, 2.45) is 7.05 Å². The summed E-state index contributed by atoms with van der Waals surface area (Å²) in [6.45, 7) is 5.86. The van der Waals surface area contributed by atoms with E-state index in [9.17, 15) is 9.90 Å². The molecular weight excluding hydrogens is 288 g/mol. The van der Waals surface area contributed by atoms with Gasteiger partial charge in [-0.1, -0.05) is 0 Å². The second kappa shape index (κ2) is 6.36. The summed E-state index contributed by atoms with van der Waals surface area (Å²) < 4.78 is 1.70. The fourth-order valence-corrected chi connectivity index (χ4v) is 2.84. The van der Waals surface area contributed by atoms with E-state index in [2.05, 4.69) is 10.1 Å². The summed E-state index contributed by atoms with van der Waals surface area (Å²) in [6.07, 6.45) is 4.63. The third-order valence-electron chi connectivity index (χ3n) is 3.01. The number of carbonyl (C=O) groups is 1. The number of aliphatic hydroxyl groups is 1. The Bertz CT molecular complexity index is 618. The zero-order valence-corrected chi connectivity index (χ0v) is 13.5.